The van der Waals surface area contributed by atoms with Gasteiger partial charge in [0, 0.05) is 48.4 Å². The fraction of sp³-hybridized carbons (Fsp3) is 0.826. The van der Waals surface area contributed by atoms with Crippen LogP contribution < -0.4 is 0 Å². The average Bonchev–Trinajstić information content (AvgIpc) is 3.43. The van der Waals surface area contributed by atoms with Gasteiger partial charge in [0.05, 0.1) is 6.04 Å². The molecular weight excluding hydrogens is 432 g/mol. The number of hydrogen-bond acceptors (Lipinski definition) is 6. The van der Waals surface area contributed by atoms with Crippen LogP contribution in [-0.4, -0.2) is 69.7 Å². The van der Waals surface area contributed by atoms with Crippen LogP contribution in [0.1, 0.15) is 66.7 Å². The number of thioether (sulfide) groups is 1. The molecule has 0 aromatic heterocycles. The predicted molar refractivity (Wildman–Crippen MR) is 130 cm³/mol. The normalized spacial score (nSPS) is 23.5. The van der Waals surface area contributed by atoms with Gasteiger partial charge >= 0.3 is 0 Å². The Labute approximate surface area is 197 Å². The van der Waals surface area contributed by atoms with Crippen LogP contribution in [0.2, 0.25) is 0 Å². The maximum Gasteiger partial charge on any atom is 0.226 e. The Morgan fingerprint density at radius 2 is 1.58 bits per heavy atom. The molecule has 5 atom stereocenters. The molecular formula is C23H40N2O4S2. The van der Waals surface area contributed by atoms with Gasteiger partial charge in [-0.1, -0.05) is 39.5 Å². The number of likely N-dealkylation sites (tertiary alicyclic amines) is 2. The van der Waals surface area contributed by atoms with E-state index in [-0.39, 0.29) is 40.7 Å². The van der Waals surface area contributed by atoms with E-state index in [0.29, 0.717) is 17.5 Å². The van der Waals surface area contributed by atoms with Gasteiger partial charge < -0.3 is 14.6 Å². The van der Waals surface area contributed by atoms with Gasteiger partial charge in [-0.2, -0.15) is 12.6 Å². The second kappa shape index (κ2) is 14.2. The molecule has 8 heteroatoms. The lowest BCUT2D eigenvalue weighted by Gasteiger charge is -2.24. The minimum Gasteiger partial charge on any atom is -0.340 e. The zero-order chi connectivity index (χ0) is 23.6. The van der Waals surface area contributed by atoms with Crippen LogP contribution in [0.4, 0.5) is 0 Å². The molecule has 2 rings (SSSR count). The van der Waals surface area contributed by atoms with E-state index in [2.05, 4.69) is 19.6 Å². The molecule has 0 bridgehead atoms. The zero-order valence-corrected chi connectivity index (χ0v) is 21.4. The first-order valence-electron chi connectivity index (χ1n) is 11.5. The van der Waals surface area contributed by atoms with Crippen molar-refractivity contribution >= 4 is 47.6 Å². The van der Waals surface area contributed by atoms with E-state index in [4.69, 9.17) is 0 Å². The summed E-state index contributed by atoms with van der Waals surface area (Å²) >= 11 is 5.38. The Bertz CT molecular complexity index is 616. The molecule has 4 unspecified atom stereocenters. The van der Waals surface area contributed by atoms with Gasteiger partial charge in [-0.3, -0.25) is 14.4 Å². The predicted octanol–water partition coefficient (Wildman–Crippen LogP) is 3.68. The van der Waals surface area contributed by atoms with Gasteiger partial charge in [0.2, 0.25) is 11.8 Å². The lowest BCUT2D eigenvalue weighted by molar-refractivity contribution is -0.138. The maximum absolute atomic E-state index is 12.2. The van der Waals surface area contributed by atoms with Gasteiger partial charge in [-0.05, 0) is 39.0 Å². The van der Waals surface area contributed by atoms with Crippen molar-refractivity contribution in [2.24, 2.45) is 17.8 Å². The quantitative estimate of drug-likeness (QED) is 0.431. The van der Waals surface area contributed by atoms with Gasteiger partial charge in [-0.25, -0.2) is 0 Å². The van der Waals surface area contributed by atoms with E-state index in [0.717, 1.165) is 51.5 Å². The minimum absolute atomic E-state index is 0.0358. The Kier molecular flexibility index (Phi) is 12.8. The standard InChI is InChI=1S/C13H23NO2S2.C10H17NO2/c1-9(7-17)13(16)18-8-10(2)12(15)14-6-4-5-11(14)3;1-3-8(2)10(13)11-6-4-5-9(11)7-12/h9-11,17H,4-8H2,1-3H3;7-9H,3-6H2,1-2H3/t;8?,9-/m.0/s1. The van der Waals surface area contributed by atoms with E-state index >= 15 is 0 Å². The summed E-state index contributed by atoms with van der Waals surface area (Å²) in [4.78, 5) is 49.9. The smallest absolute Gasteiger partial charge is 0.226 e. The topological polar surface area (TPSA) is 74.8 Å². The van der Waals surface area contributed by atoms with Crippen molar-refractivity contribution in [3.05, 3.63) is 0 Å². The highest BCUT2D eigenvalue weighted by Crippen LogP contribution is 2.22. The van der Waals surface area contributed by atoms with Gasteiger partial charge in [0.15, 0.2) is 5.12 Å². The van der Waals surface area contributed by atoms with Gasteiger partial charge in [0.1, 0.15) is 6.29 Å². The first-order valence-corrected chi connectivity index (χ1v) is 13.1. The summed E-state index contributed by atoms with van der Waals surface area (Å²) in [5.41, 5.74) is 0. The molecule has 2 heterocycles. The number of hydrogen-bond donors (Lipinski definition) is 1. The monoisotopic (exact) mass is 472 g/mol. The zero-order valence-electron chi connectivity index (χ0n) is 19.7. The highest BCUT2D eigenvalue weighted by molar-refractivity contribution is 8.13. The van der Waals surface area contributed by atoms with Crippen molar-refractivity contribution in [1.82, 2.24) is 9.80 Å². The molecule has 0 radical (unpaired) electrons. The highest BCUT2D eigenvalue weighted by atomic mass is 32.2. The number of aldehydes is 1. The van der Waals surface area contributed by atoms with Crippen molar-refractivity contribution in [3.63, 3.8) is 0 Å². The number of thiol groups is 1. The maximum atomic E-state index is 12.2. The fourth-order valence-corrected chi connectivity index (χ4v) is 4.92. The third-order valence-electron chi connectivity index (χ3n) is 6.18. The lowest BCUT2D eigenvalue weighted by atomic mass is 10.1. The first-order chi connectivity index (χ1) is 14.7. The SMILES string of the molecule is CC(CS)C(=O)SCC(C)C(=O)N1CCCC1C.CCC(C)C(=O)N1CCC[C@H]1C=O. The summed E-state index contributed by atoms with van der Waals surface area (Å²) in [7, 11) is 0. The van der Waals surface area contributed by atoms with E-state index < -0.39 is 0 Å². The van der Waals surface area contributed by atoms with Crippen LogP contribution in [-0.2, 0) is 19.2 Å². The summed E-state index contributed by atoms with van der Waals surface area (Å²) in [5, 5.41) is 0.138. The van der Waals surface area contributed by atoms with Crippen LogP contribution in [0.5, 0.6) is 0 Å². The summed E-state index contributed by atoms with van der Waals surface area (Å²) in [6.07, 6.45) is 5.75. The van der Waals surface area contributed by atoms with E-state index in [9.17, 15) is 19.2 Å². The molecule has 2 fully saturated rings. The van der Waals surface area contributed by atoms with Crippen molar-refractivity contribution in [3.8, 4) is 0 Å². The summed E-state index contributed by atoms with van der Waals surface area (Å²) in [6.45, 7) is 11.4. The molecule has 0 aromatic carbocycles. The summed E-state index contributed by atoms with van der Waals surface area (Å²) < 4.78 is 0. The second-order valence-corrected chi connectivity index (χ2v) is 10.2. The molecule has 6 nitrogen and oxygen atoms in total. The number of rotatable bonds is 8. The molecule has 2 aliphatic rings. The van der Waals surface area contributed by atoms with E-state index in [1.54, 1.807) is 4.90 Å². The van der Waals surface area contributed by atoms with Crippen molar-refractivity contribution in [2.75, 3.05) is 24.6 Å². The Hall–Kier alpha value is -1.02. The van der Waals surface area contributed by atoms with Crippen LogP contribution in [0.15, 0.2) is 0 Å². The highest BCUT2D eigenvalue weighted by Gasteiger charge is 2.30. The molecule has 0 aliphatic carbocycles. The van der Waals surface area contributed by atoms with E-state index in [1.807, 2.05) is 32.6 Å². The second-order valence-electron chi connectivity index (χ2n) is 8.82. The molecule has 0 saturated carbocycles. The number of nitrogens with zero attached hydrogens (tertiary/aromatic N) is 2. The largest absolute Gasteiger partial charge is 0.340 e. The van der Waals surface area contributed by atoms with Crippen LogP contribution >= 0.6 is 24.4 Å². The van der Waals surface area contributed by atoms with Crippen LogP contribution in [0.25, 0.3) is 0 Å². The lowest BCUT2D eigenvalue weighted by Crippen LogP contribution is -2.39. The molecule has 178 valence electrons. The third kappa shape index (κ3) is 8.44. The number of carbonyl (C=O) groups is 4. The number of carbonyl (C=O) groups excluding carboxylic acids is 4. The van der Waals surface area contributed by atoms with E-state index in [1.165, 1.54) is 11.8 Å². The van der Waals surface area contributed by atoms with Gasteiger partial charge in [0.25, 0.3) is 0 Å². The molecule has 2 saturated heterocycles. The first kappa shape index (κ1) is 28.0. The Morgan fingerprint density at radius 1 is 1.00 bits per heavy atom. The van der Waals surface area contributed by atoms with Crippen molar-refractivity contribution < 1.29 is 19.2 Å². The number of amides is 2. The van der Waals surface area contributed by atoms with Crippen molar-refractivity contribution in [1.29, 1.82) is 0 Å². The van der Waals surface area contributed by atoms with Gasteiger partial charge in [-0.15, -0.1) is 0 Å². The third-order valence-corrected chi connectivity index (χ3v) is 8.08. The molecule has 0 spiro atoms. The minimum atomic E-state index is -0.151. The Morgan fingerprint density at radius 3 is 2.10 bits per heavy atom. The summed E-state index contributed by atoms with van der Waals surface area (Å²) in [6, 6.07) is 0.207. The van der Waals surface area contributed by atoms with Crippen LogP contribution in [0.3, 0.4) is 0 Å². The Balaban J connectivity index is 0.000000327. The van der Waals surface area contributed by atoms with Crippen molar-refractivity contribution in [2.45, 2.75) is 78.8 Å². The molecule has 0 aromatic rings. The molecule has 2 aliphatic heterocycles. The summed E-state index contributed by atoms with van der Waals surface area (Å²) in [5.74, 6) is 1.42. The molecule has 0 N–H and O–H groups in total. The molecule has 2 amide bonds. The molecule has 31 heavy (non-hydrogen) atoms. The fourth-order valence-electron chi connectivity index (χ4n) is 3.70. The van der Waals surface area contributed by atoms with Crippen LogP contribution in [0, 0.1) is 17.8 Å². The average molecular weight is 473 g/mol.